The number of hydrogen-bond acceptors (Lipinski definition) is 3. The maximum atomic E-state index is 13.0. The Balaban J connectivity index is 1.70. The first-order chi connectivity index (χ1) is 12.2. The number of carbonyl (C=O) groups is 1. The van der Waals surface area contributed by atoms with Crippen molar-refractivity contribution in [3.8, 4) is 11.4 Å². The van der Waals surface area contributed by atoms with Gasteiger partial charge in [-0.1, -0.05) is 30.3 Å². The summed E-state index contributed by atoms with van der Waals surface area (Å²) in [6.45, 7) is 0.495. The van der Waals surface area contributed by atoms with E-state index in [4.69, 9.17) is 4.74 Å². The summed E-state index contributed by atoms with van der Waals surface area (Å²) in [5.74, 6) is -0.281. The molecule has 0 unspecified atom stereocenters. The van der Waals surface area contributed by atoms with Crippen molar-refractivity contribution in [3.63, 3.8) is 0 Å². The first-order valence-corrected chi connectivity index (χ1v) is 7.89. The number of halogens is 1. The Morgan fingerprint density at radius 1 is 1.16 bits per heavy atom. The maximum Gasteiger partial charge on any atom is 0.275 e. The van der Waals surface area contributed by atoms with Crippen LogP contribution in [0.15, 0.2) is 60.8 Å². The minimum absolute atomic E-state index is 0.194. The molecule has 1 aromatic heterocycles. The van der Waals surface area contributed by atoms with Crippen molar-refractivity contribution in [1.29, 1.82) is 0 Å². The molecule has 128 valence electrons. The molecule has 0 saturated carbocycles. The van der Waals surface area contributed by atoms with Gasteiger partial charge in [0.2, 0.25) is 0 Å². The Hall–Kier alpha value is -3.15. The molecular formula is C19H18FN3O2. The topological polar surface area (TPSA) is 56.2 Å². The molecule has 6 heteroatoms. The van der Waals surface area contributed by atoms with Crippen LogP contribution < -0.4 is 10.1 Å². The molecule has 0 spiro atoms. The fraction of sp³-hybridized carbons (Fsp3) is 0.158. The van der Waals surface area contributed by atoms with E-state index < -0.39 is 0 Å². The molecule has 25 heavy (non-hydrogen) atoms. The van der Waals surface area contributed by atoms with Gasteiger partial charge in [-0.3, -0.25) is 4.79 Å². The summed E-state index contributed by atoms with van der Waals surface area (Å²) in [5.41, 5.74) is 1.98. The Morgan fingerprint density at radius 3 is 2.56 bits per heavy atom. The number of aromatic nitrogens is 2. The van der Waals surface area contributed by atoms with Crippen molar-refractivity contribution in [2.24, 2.45) is 0 Å². The summed E-state index contributed by atoms with van der Waals surface area (Å²) >= 11 is 0. The van der Waals surface area contributed by atoms with Gasteiger partial charge in [0.15, 0.2) is 11.4 Å². The van der Waals surface area contributed by atoms with E-state index in [1.807, 2.05) is 30.3 Å². The Kier molecular flexibility index (Phi) is 5.09. The number of benzene rings is 2. The van der Waals surface area contributed by atoms with Crippen LogP contribution in [0.3, 0.4) is 0 Å². The zero-order chi connectivity index (χ0) is 17.6. The van der Waals surface area contributed by atoms with Crippen LogP contribution in [0.25, 0.3) is 5.69 Å². The van der Waals surface area contributed by atoms with Crippen LogP contribution in [0, 0.1) is 5.82 Å². The molecule has 0 aliphatic rings. The predicted molar refractivity (Wildman–Crippen MR) is 92.6 cm³/mol. The number of ether oxygens (including phenoxy) is 1. The van der Waals surface area contributed by atoms with Crippen molar-refractivity contribution >= 4 is 5.91 Å². The number of nitrogens with zero attached hydrogens (tertiary/aromatic N) is 2. The van der Waals surface area contributed by atoms with E-state index in [2.05, 4.69) is 10.4 Å². The van der Waals surface area contributed by atoms with Crippen molar-refractivity contribution in [3.05, 3.63) is 77.9 Å². The van der Waals surface area contributed by atoms with Crippen molar-refractivity contribution < 1.29 is 13.9 Å². The number of methoxy groups -OCH3 is 1. The molecule has 0 atom stereocenters. The fourth-order valence-electron chi connectivity index (χ4n) is 2.44. The van der Waals surface area contributed by atoms with Gasteiger partial charge in [0.25, 0.3) is 5.91 Å². The number of carbonyl (C=O) groups excluding carboxylic acids is 1. The highest BCUT2D eigenvalue weighted by Crippen LogP contribution is 2.19. The van der Waals surface area contributed by atoms with E-state index in [1.165, 1.54) is 23.9 Å². The largest absolute Gasteiger partial charge is 0.493 e. The van der Waals surface area contributed by atoms with Crippen molar-refractivity contribution in [1.82, 2.24) is 15.1 Å². The van der Waals surface area contributed by atoms with Crippen LogP contribution >= 0.6 is 0 Å². The van der Waals surface area contributed by atoms with Gasteiger partial charge in [-0.25, -0.2) is 9.07 Å². The lowest BCUT2D eigenvalue weighted by molar-refractivity contribution is 0.0946. The molecule has 0 aliphatic heterocycles. The van der Waals surface area contributed by atoms with Crippen LogP contribution in [0.5, 0.6) is 5.75 Å². The Morgan fingerprint density at radius 2 is 1.88 bits per heavy atom. The van der Waals surface area contributed by atoms with E-state index in [-0.39, 0.29) is 17.4 Å². The first kappa shape index (κ1) is 16.7. The predicted octanol–water partition coefficient (Wildman–Crippen LogP) is 2.99. The zero-order valence-corrected chi connectivity index (χ0v) is 13.8. The van der Waals surface area contributed by atoms with Gasteiger partial charge in [-0.15, -0.1) is 0 Å². The van der Waals surface area contributed by atoms with E-state index in [9.17, 15) is 9.18 Å². The van der Waals surface area contributed by atoms with Gasteiger partial charge in [-0.05, 0) is 36.2 Å². The van der Waals surface area contributed by atoms with Gasteiger partial charge >= 0.3 is 0 Å². The molecular weight excluding hydrogens is 321 g/mol. The van der Waals surface area contributed by atoms with Crippen molar-refractivity contribution in [2.75, 3.05) is 13.7 Å². The maximum absolute atomic E-state index is 13.0. The number of hydrogen-bond donors (Lipinski definition) is 1. The lowest BCUT2D eigenvalue weighted by atomic mass is 10.1. The van der Waals surface area contributed by atoms with E-state index >= 15 is 0 Å². The Labute approximate surface area is 145 Å². The quantitative estimate of drug-likeness (QED) is 0.751. The second-order valence-corrected chi connectivity index (χ2v) is 5.46. The molecule has 0 radical (unpaired) electrons. The molecule has 5 nitrogen and oxygen atoms in total. The summed E-state index contributed by atoms with van der Waals surface area (Å²) in [5, 5.41) is 7.10. The first-order valence-electron chi connectivity index (χ1n) is 7.89. The number of rotatable bonds is 6. The van der Waals surface area contributed by atoms with Crippen LogP contribution in [0.4, 0.5) is 4.39 Å². The highest BCUT2D eigenvalue weighted by molar-refractivity contribution is 5.94. The van der Waals surface area contributed by atoms with Crippen LogP contribution in [0.1, 0.15) is 16.1 Å². The second kappa shape index (κ2) is 7.61. The van der Waals surface area contributed by atoms with Gasteiger partial charge in [0.1, 0.15) is 5.82 Å². The highest BCUT2D eigenvalue weighted by Gasteiger charge is 2.18. The number of amides is 1. The molecule has 3 rings (SSSR count). The molecule has 0 saturated heterocycles. The van der Waals surface area contributed by atoms with Gasteiger partial charge < -0.3 is 10.1 Å². The highest BCUT2D eigenvalue weighted by atomic mass is 19.1. The molecule has 1 N–H and O–H groups in total. The van der Waals surface area contributed by atoms with E-state index in [1.54, 1.807) is 18.3 Å². The molecule has 2 aromatic carbocycles. The summed E-state index contributed by atoms with van der Waals surface area (Å²) in [7, 11) is 1.48. The zero-order valence-electron chi connectivity index (χ0n) is 13.8. The van der Waals surface area contributed by atoms with Crippen LogP contribution in [0.2, 0.25) is 0 Å². The number of nitrogens with one attached hydrogen (secondary N) is 1. The fourth-order valence-corrected chi connectivity index (χ4v) is 2.44. The van der Waals surface area contributed by atoms with Crippen LogP contribution in [-0.2, 0) is 6.42 Å². The average Bonchev–Trinajstić information content (AvgIpc) is 3.07. The molecule has 1 heterocycles. The van der Waals surface area contributed by atoms with Gasteiger partial charge in [0.05, 0.1) is 19.0 Å². The lowest BCUT2D eigenvalue weighted by Gasteiger charge is -2.04. The molecule has 0 aliphatic carbocycles. The smallest absolute Gasteiger partial charge is 0.275 e. The minimum Gasteiger partial charge on any atom is -0.493 e. The second-order valence-electron chi connectivity index (χ2n) is 5.46. The van der Waals surface area contributed by atoms with Crippen LogP contribution in [-0.4, -0.2) is 29.3 Å². The summed E-state index contributed by atoms with van der Waals surface area (Å²) in [4.78, 5) is 12.4. The molecule has 1 amide bonds. The monoisotopic (exact) mass is 339 g/mol. The van der Waals surface area contributed by atoms with Gasteiger partial charge in [0, 0.05) is 6.54 Å². The molecule has 0 bridgehead atoms. The normalized spacial score (nSPS) is 10.5. The molecule has 3 aromatic rings. The van der Waals surface area contributed by atoms with E-state index in [0.717, 1.165) is 12.0 Å². The standard InChI is InChI=1S/C19H18FN3O2/c1-25-17-13-23(16-9-7-15(20)8-10-16)22-18(17)19(24)21-12-11-14-5-3-2-4-6-14/h2-10,13H,11-12H2,1H3,(H,21,24). The summed E-state index contributed by atoms with van der Waals surface area (Å²) in [6, 6.07) is 15.7. The lowest BCUT2D eigenvalue weighted by Crippen LogP contribution is -2.26. The Bertz CT molecular complexity index is 845. The summed E-state index contributed by atoms with van der Waals surface area (Å²) < 4.78 is 19.8. The third-order valence-corrected chi connectivity index (χ3v) is 3.75. The summed E-state index contributed by atoms with van der Waals surface area (Å²) in [6.07, 6.45) is 2.33. The van der Waals surface area contributed by atoms with Crippen molar-refractivity contribution in [2.45, 2.75) is 6.42 Å². The minimum atomic E-state index is -0.332. The van der Waals surface area contributed by atoms with E-state index in [0.29, 0.717) is 18.0 Å². The molecule has 0 fully saturated rings. The van der Waals surface area contributed by atoms with Gasteiger partial charge in [-0.2, -0.15) is 5.10 Å². The average molecular weight is 339 g/mol. The SMILES string of the molecule is COc1cn(-c2ccc(F)cc2)nc1C(=O)NCCc1ccccc1. The third-order valence-electron chi connectivity index (χ3n) is 3.75. The third kappa shape index (κ3) is 4.03.